The van der Waals surface area contributed by atoms with Crippen LogP contribution in [-0.2, 0) is 16.1 Å². The molecule has 5 nitrogen and oxygen atoms in total. The Bertz CT molecular complexity index is 741. The minimum absolute atomic E-state index is 0.0370. The van der Waals surface area contributed by atoms with Crippen LogP contribution in [0, 0.1) is 5.92 Å². The molecule has 0 saturated carbocycles. The van der Waals surface area contributed by atoms with Gasteiger partial charge in [-0.3, -0.25) is 9.59 Å². The molecule has 1 fully saturated rings. The molecule has 1 aliphatic rings. The number of piperidine rings is 1. The number of carboxylic acids is 1. The number of rotatable bonds is 4. The van der Waals surface area contributed by atoms with E-state index < -0.39 is 11.9 Å². The number of carbonyl (C=O) groups is 2. The van der Waals surface area contributed by atoms with Gasteiger partial charge in [-0.15, -0.1) is 0 Å². The van der Waals surface area contributed by atoms with Crippen LogP contribution in [0.1, 0.15) is 19.3 Å². The van der Waals surface area contributed by atoms with Gasteiger partial charge in [0.15, 0.2) is 0 Å². The highest BCUT2D eigenvalue weighted by Crippen LogP contribution is 2.22. The van der Waals surface area contributed by atoms with E-state index >= 15 is 0 Å². The predicted octanol–water partition coefficient (Wildman–Crippen LogP) is 3.12. The van der Waals surface area contributed by atoms with E-state index in [9.17, 15) is 9.59 Å². The fourth-order valence-electron chi connectivity index (χ4n) is 3.15. The Kier molecular flexibility index (Phi) is 4.71. The molecule has 122 valence electrons. The highest BCUT2D eigenvalue weighted by Gasteiger charge is 2.27. The van der Waals surface area contributed by atoms with Crippen LogP contribution in [0.5, 0.6) is 0 Å². The second-order valence-corrected chi connectivity index (χ2v) is 6.90. The molecule has 0 spiro atoms. The zero-order valence-electron chi connectivity index (χ0n) is 12.7. The highest BCUT2D eigenvalue weighted by atomic mass is 79.9. The summed E-state index contributed by atoms with van der Waals surface area (Å²) in [5, 5.41) is 10.2. The van der Waals surface area contributed by atoms with Crippen molar-refractivity contribution in [1.82, 2.24) is 9.47 Å². The number of benzene rings is 1. The van der Waals surface area contributed by atoms with Crippen LogP contribution < -0.4 is 0 Å². The Morgan fingerprint density at radius 1 is 1.30 bits per heavy atom. The lowest BCUT2D eigenvalue weighted by molar-refractivity contribution is -0.145. The summed E-state index contributed by atoms with van der Waals surface area (Å²) in [7, 11) is 0. The Balaban J connectivity index is 1.63. The van der Waals surface area contributed by atoms with Crippen LogP contribution in [0.2, 0.25) is 0 Å². The number of aromatic nitrogens is 1. The maximum Gasteiger partial charge on any atom is 0.308 e. The number of hydrogen-bond donors (Lipinski definition) is 1. The molecule has 1 atom stereocenters. The van der Waals surface area contributed by atoms with Crippen LogP contribution in [0.4, 0.5) is 0 Å². The first-order valence-electron chi connectivity index (χ1n) is 7.79. The number of aliphatic carboxylic acids is 1. The molecule has 1 saturated heterocycles. The maximum absolute atomic E-state index is 12.4. The van der Waals surface area contributed by atoms with Crippen LogP contribution in [0.15, 0.2) is 34.9 Å². The minimum Gasteiger partial charge on any atom is -0.481 e. The molecular formula is C17H19BrN2O3. The molecule has 1 N–H and O–H groups in total. The first kappa shape index (κ1) is 16.1. The molecule has 0 bridgehead atoms. The van der Waals surface area contributed by atoms with Crippen molar-refractivity contribution in [2.75, 3.05) is 13.1 Å². The Hall–Kier alpha value is -1.82. The molecule has 1 amide bonds. The van der Waals surface area contributed by atoms with E-state index in [0.29, 0.717) is 32.5 Å². The average Bonchev–Trinajstić information content (AvgIpc) is 2.94. The summed E-state index contributed by atoms with van der Waals surface area (Å²) in [6.45, 7) is 1.62. The summed E-state index contributed by atoms with van der Waals surface area (Å²) >= 11 is 3.46. The molecule has 1 aromatic carbocycles. The first-order valence-corrected chi connectivity index (χ1v) is 8.59. The van der Waals surface area contributed by atoms with Gasteiger partial charge in [0, 0.05) is 47.6 Å². The predicted molar refractivity (Wildman–Crippen MR) is 91.2 cm³/mol. The van der Waals surface area contributed by atoms with Crippen LogP contribution in [0.3, 0.4) is 0 Å². The second kappa shape index (κ2) is 6.74. The molecule has 3 rings (SSSR count). The quantitative estimate of drug-likeness (QED) is 0.888. The molecule has 1 aromatic heterocycles. The summed E-state index contributed by atoms with van der Waals surface area (Å²) in [6, 6.07) is 8.11. The van der Waals surface area contributed by atoms with E-state index in [1.165, 1.54) is 0 Å². The normalized spacial score (nSPS) is 18.3. The topological polar surface area (TPSA) is 62.5 Å². The molecule has 1 aliphatic heterocycles. The molecule has 23 heavy (non-hydrogen) atoms. The third-order valence-electron chi connectivity index (χ3n) is 4.42. The van der Waals surface area contributed by atoms with Gasteiger partial charge in [0.1, 0.15) is 0 Å². The number of aryl methyl sites for hydroxylation is 1. The van der Waals surface area contributed by atoms with Crippen molar-refractivity contribution >= 4 is 38.7 Å². The third-order valence-corrected chi connectivity index (χ3v) is 4.92. The van der Waals surface area contributed by atoms with Crippen molar-refractivity contribution in [2.45, 2.75) is 25.8 Å². The molecule has 1 unspecified atom stereocenters. The molecule has 0 aliphatic carbocycles. The monoisotopic (exact) mass is 378 g/mol. The zero-order valence-corrected chi connectivity index (χ0v) is 14.3. The summed E-state index contributed by atoms with van der Waals surface area (Å²) in [5.74, 6) is -1.18. The zero-order chi connectivity index (χ0) is 16.4. The summed E-state index contributed by atoms with van der Waals surface area (Å²) in [5.41, 5.74) is 1.10. The minimum atomic E-state index is -0.801. The average molecular weight is 379 g/mol. The van der Waals surface area contributed by atoms with Gasteiger partial charge in [0.25, 0.3) is 0 Å². The standard InChI is InChI=1S/C17H19BrN2O3/c18-14-3-4-15-12(10-14)5-8-19(15)9-6-16(21)20-7-1-2-13(11-20)17(22)23/h3-5,8,10,13H,1-2,6-7,9,11H2,(H,22,23). The fraction of sp³-hybridized carbons (Fsp3) is 0.412. The van der Waals surface area contributed by atoms with Gasteiger partial charge in [-0.25, -0.2) is 0 Å². The fourth-order valence-corrected chi connectivity index (χ4v) is 3.52. The number of nitrogens with zero attached hydrogens (tertiary/aromatic N) is 2. The number of carbonyl (C=O) groups excluding carboxylic acids is 1. The van der Waals surface area contributed by atoms with Gasteiger partial charge < -0.3 is 14.6 Å². The van der Waals surface area contributed by atoms with Crippen molar-refractivity contribution in [3.05, 3.63) is 34.9 Å². The van der Waals surface area contributed by atoms with Gasteiger partial charge in [0.05, 0.1) is 5.92 Å². The molecule has 2 aromatic rings. The summed E-state index contributed by atoms with van der Waals surface area (Å²) in [4.78, 5) is 25.2. The van der Waals surface area contributed by atoms with Gasteiger partial charge >= 0.3 is 5.97 Å². The molecular weight excluding hydrogens is 360 g/mol. The van der Waals surface area contributed by atoms with Crippen LogP contribution >= 0.6 is 15.9 Å². The van der Waals surface area contributed by atoms with Crippen LogP contribution in [0.25, 0.3) is 10.9 Å². The van der Waals surface area contributed by atoms with Gasteiger partial charge in [-0.2, -0.15) is 0 Å². The Morgan fingerprint density at radius 3 is 2.91 bits per heavy atom. The van der Waals surface area contributed by atoms with Crippen molar-refractivity contribution in [3.8, 4) is 0 Å². The smallest absolute Gasteiger partial charge is 0.308 e. The molecule has 6 heteroatoms. The summed E-state index contributed by atoms with van der Waals surface area (Å²) in [6.07, 6.45) is 3.81. The third kappa shape index (κ3) is 3.58. The number of carboxylic acid groups (broad SMARTS) is 1. The first-order chi connectivity index (χ1) is 11.0. The lowest BCUT2D eigenvalue weighted by Gasteiger charge is -2.30. The lowest BCUT2D eigenvalue weighted by atomic mass is 9.98. The highest BCUT2D eigenvalue weighted by molar-refractivity contribution is 9.10. The van der Waals surface area contributed by atoms with E-state index in [1.807, 2.05) is 24.4 Å². The van der Waals surface area contributed by atoms with Crippen molar-refractivity contribution in [1.29, 1.82) is 0 Å². The number of fused-ring (bicyclic) bond motifs is 1. The van der Waals surface area contributed by atoms with Gasteiger partial charge in [-0.05, 0) is 37.1 Å². The Morgan fingerprint density at radius 2 is 2.13 bits per heavy atom. The van der Waals surface area contributed by atoms with E-state index in [-0.39, 0.29) is 5.91 Å². The largest absolute Gasteiger partial charge is 0.481 e. The molecule has 2 heterocycles. The van der Waals surface area contributed by atoms with Crippen molar-refractivity contribution in [3.63, 3.8) is 0 Å². The number of halogens is 1. The SMILES string of the molecule is O=C(O)C1CCCN(C(=O)CCn2ccc3cc(Br)ccc32)C1. The van der Waals surface area contributed by atoms with Crippen molar-refractivity contribution < 1.29 is 14.7 Å². The maximum atomic E-state index is 12.4. The lowest BCUT2D eigenvalue weighted by Crippen LogP contribution is -2.42. The number of amides is 1. The van der Waals surface area contributed by atoms with Crippen molar-refractivity contribution in [2.24, 2.45) is 5.92 Å². The number of likely N-dealkylation sites (tertiary alicyclic amines) is 1. The molecule has 0 radical (unpaired) electrons. The van der Waals surface area contributed by atoms with E-state index in [2.05, 4.69) is 26.6 Å². The summed E-state index contributed by atoms with van der Waals surface area (Å²) < 4.78 is 3.10. The van der Waals surface area contributed by atoms with E-state index in [1.54, 1.807) is 4.90 Å². The second-order valence-electron chi connectivity index (χ2n) is 5.98. The van der Waals surface area contributed by atoms with Gasteiger partial charge in [0.2, 0.25) is 5.91 Å². The van der Waals surface area contributed by atoms with E-state index in [0.717, 1.165) is 21.8 Å². The van der Waals surface area contributed by atoms with Gasteiger partial charge in [-0.1, -0.05) is 15.9 Å². The van der Waals surface area contributed by atoms with E-state index in [4.69, 9.17) is 5.11 Å². The van der Waals surface area contributed by atoms with Crippen LogP contribution in [-0.4, -0.2) is 39.5 Å². The Labute approximate surface area is 143 Å². The number of hydrogen-bond acceptors (Lipinski definition) is 2.